The van der Waals surface area contributed by atoms with Gasteiger partial charge in [-0.05, 0) is 57.8 Å². The van der Waals surface area contributed by atoms with Crippen molar-refractivity contribution in [3.8, 4) is 0 Å². The van der Waals surface area contributed by atoms with E-state index in [9.17, 15) is 19.8 Å². The summed E-state index contributed by atoms with van der Waals surface area (Å²) in [5.74, 6) is -0.0698. The second kappa shape index (κ2) is 67.8. The van der Waals surface area contributed by atoms with Crippen LogP contribution >= 0.6 is 0 Å². The number of aliphatic hydroxyl groups is 2. The number of hydrogen-bond acceptors (Lipinski definition) is 5. The molecule has 0 aromatic rings. The van der Waals surface area contributed by atoms with Crippen LogP contribution in [0.5, 0.6) is 0 Å². The SMILES string of the molecule is CCCCCCCCCCCCCCCCCCCCCCCC/C=C/C(O)C(CO)NC(=O)CCCCCCC/C=C\CCCCCCCCCCCOC(=O)CCCCCCCCCCCCCCCCCCCCC. The van der Waals surface area contributed by atoms with Crippen molar-refractivity contribution in [2.75, 3.05) is 13.2 Å². The first-order valence-corrected chi connectivity index (χ1v) is 35.6. The number of nitrogens with one attached hydrogen (secondary N) is 1. The molecule has 2 atom stereocenters. The molecule has 462 valence electrons. The molecule has 78 heavy (non-hydrogen) atoms. The highest BCUT2D eigenvalue weighted by Gasteiger charge is 2.18. The van der Waals surface area contributed by atoms with E-state index in [2.05, 4.69) is 31.3 Å². The summed E-state index contributed by atoms with van der Waals surface area (Å²) in [6.45, 7) is 4.93. The molecule has 0 saturated heterocycles. The Bertz CT molecular complexity index is 1220. The van der Waals surface area contributed by atoms with Crippen molar-refractivity contribution in [3.63, 3.8) is 0 Å². The van der Waals surface area contributed by atoms with Crippen molar-refractivity contribution in [2.45, 2.75) is 411 Å². The molecular weight excluding hydrogens is 959 g/mol. The lowest BCUT2D eigenvalue weighted by Crippen LogP contribution is -2.45. The van der Waals surface area contributed by atoms with Crippen LogP contribution in [0.3, 0.4) is 0 Å². The van der Waals surface area contributed by atoms with Gasteiger partial charge in [-0.3, -0.25) is 9.59 Å². The van der Waals surface area contributed by atoms with Crippen molar-refractivity contribution >= 4 is 11.9 Å². The lowest BCUT2D eigenvalue weighted by Gasteiger charge is -2.20. The molecule has 0 aromatic carbocycles. The van der Waals surface area contributed by atoms with Gasteiger partial charge in [0, 0.05) is 12.8 Å². The van der Waals surface area contributed by atoms with Crippen molar-refractivity contribution < 1.29 is 24.5 Å². The average molecular weight is 1100 g/mol. The third kappa shape index (κ3) is 63.5. The van der Waals surface area contributed by atoms with E-state index in [0.717, 1.165) is 57.8 Å². The van der Waals surface area contributed by atoms with Gasteiger partial charge in [0.25, 0.3) is 0 Å². The normalized spacial score (nSPS) is 12.6. The van der Waals surface area contributed by atoms with Gasteiger partial charge in [-0.25, -0.2) is 0 Å². The van der Waals surface area contributed by atoms with Crippen molar-refractivity contribution in [3.05, 3.63) is 24.3 Å². The van der Waals surface area contributed by atoms with Crippen molar-refractivity contribution in [1.82, 2.24) is 5.32 Å². The molecule has 0 bridgehead atoms. The van der Waals surface area contributed by atoms with Crippen LogP contribution in [0.25, 0.3) is 0 Å². The third-order valence-electron chi connectivity index (χ3n) is 16.7. The maximum absolute atomic E-state index is 12.5. The van der Waals surface area contributed by atoms with Crippen LogP contribution < -0.4 is 5.32 Å². The molecule has 6 nitrogen and oxygen atoms in total. The topological polar surface area (TPSA) is 95.9 Å². The second-order valence-corrected chi connectivity index (χ2v) is 24.6. The third-order valence-corrected chi connectivity index (χ3v) is 16.7. The van der Waals surface area contributed by atoms with Crippen LogP contribution in [-0.4, -0.2) is 47.4 Å². The van der Waals surface area contributed by atoms with E-state index in [1.807, 2.05) is 6.08 Å². The summed E-state index contributed by atoms with van der Waals surface area (Å²) in [4.78, 5) is 24.6. The minimum Gasteiger partial charge on any atom is -0.466 e. The van der Waals surface area contributed by atoms with Gasteiger partial charge >= 0.3 is 5.97 Å². The molecular formula is C72H139NO5. The van der Waals surface area contributed by atoms with Gasteiger partial charge in [0.2, 0.25) is 5.91 Å². The number of esters is 1. The number of aliphatic hydroxyl groups excluding tert-OH is 2. The zero-order valence-electron chi connectivity index (χ0n) is 52.9. The smallest absolute Gasteiger partial charge is 0.305 e. The molecule has 6 heteroatoms. The molecule has 0 aliphatic rings. The van der Waals surface area contributed by atoms with Crippen molar-refractivity contribution in [2.24, 2.45) is 0 Å². The molecule has 0 rings (SSSR count). The number of unbranched alkanes of at least 4 members (excludes halogenated alkanes) is 54. The van der Waals surface area contributed by atoms with Gasteiger partial charge in [-0.15, -0.1) is 0 Å². The Kier molecular flexibility index (Phi) is 66.4. The minimum atomic E-state index is -0.855. The van der Waals surface area contributed by atoms with E-state index in [1.165, 1.54) is 315 Å². The average Bonchev–Trinajstić information content (AvgIpc) is 3.44. The Morgan fingerprint density at radius 1 is 0.346 bits per heavy atom. The van der Waals surface area contributed by atoms with Gasteiger partial charge in [0.1, 0.15) is 0 Å². The minimum absolute atomic E-state index is 0.00798. The van der Waals surface area contributed by atoms with Crippen LogP contribution in [0.15, 0.2) is 24.3 Å². The highest BCUT2D eigenvalue weighted by atomic mass is 16.5. The summed E-state index contributed by atoms with van der Waals surface area (Å²) < 4.78 is 5.50. The molecule has 1 amide bonds. The fraction of sp³-hybridized carbons (Fsp3) is 0.917. The number of ether oxygens (including phenoxy) is 1. The highest BCUT2D eigenvalue weighted by molar-refractivity contribution is 5.76. The van der Waals surface area contributed by atoms with E-state index < -0.39 is 12.1 Å². The predicted octanol–water partition coefficient (Wildman–Crippen LogP) is 22.9. The lowest BCUT2D eigenvalue weighted by molar-refractivity contribution is -0.143. The number of carbonyl (C=O) groups is 2. The summed E-state index contributed by atoms with van der Waals surface area (Å²) in [6.07, 6.45) is 85.4. The maximum atomic E-state index is 12.5. The van der Waals surface area contributed by atoms with E-state index in [-0.39, 0.29) is 18.5 Å². The molecule has 0 aromatic heterocycles. The van der Waals surface area contributed by atoms with Gasteiger partial charge in [0.05, 0.1) is 25.4 Å². The van der Waals surface area contributed by atoms with Gasteiger partial charge in [0.15, 0.2) is 0 Å². The molecule has 0 saturated carbocycles. The van der Waals surface area contributed by atoms with Gasteiger partial charge in [-0.1, -0.05) is 353 Å². The van der Waals surface area contributed by atoms with Gasteiger partial charge in [-0.2, -0.15) is 0 Å². The largest absolute Gasteiger partial charge is 0.466 e. The van der Waals surface area contributed by atoms with Crippen LogP contribution in [0, 0.1) is 0 Å². The summed E-state index contributed by atoms with van der Waals surface area (Å²) in [6, 6.07) is -0.639. The fourth-order valence-electron chi connectivity index (χ4n) is 11.3. The summed E-state index contributed by atoms with van der Waals surface area (Å²) in [5.41, 5.74) is 0. The van der Waals surface area contributed by atoms with Crippen molar-refractivity contribution in [1.29, 1.82) is 0 Å². The zero-order valence-corrected chi connectivity index (χ0v) is 52.9. The number of carbonyl (C=O) groups excluding carboxylic acids is 2. The van der Waals surface area contributed by atoms with E-state index in [4.69, 9.17) is 4.74 Å². The first kappa shape index (κ1) is 76.3. The van der Waals surface area contributed by atoms with E-state index in [0.29, 0.717) is 19.4 Å². The number of rotatable bonds is 67. The fourth-order valence-corrected chi connectivity index (χ4v) is 11.3. The van der Waals surface area contributed by atoms with E-state index in [1.54, 1.807) is 6.08 Å². The Morgan fingerprint density at radius 3 is 0.910 bits per heavy atom. The number of amides is 1. The summed E-state index contributed by atoms with van der Waals surface area (Å²) in [7, 11) is 0. The number of allylic oxidation sites excluding steroid dienone is 3. The first-order valence-electron chi connectivity index (χ1n) is 35.6. The predicted molar refractivity (Wildman–Crippen MR) is 343 cm³/mol. The molecule has 0 radical (unpaired) electrons. The van der Waals surface area contributed by atoms with E-state index >= 15 is 0 Å². The molecule has 0 spiro atoms. The zero-order chi connectivity index (χ0) is 56.4. The van der Waals surface area contributed by atoms with Gasteiger partial charge < -0.3 is 20.3 Å². The Labute approximate surface area is 488 Å². The Morgan fingerprint density at radius 2 is 0.603 bits per heavy atom. The highest BCUT2D eigenvalue weighted by Crippen LogP contribution is 2.19. The molecule has 0 aliphatic heterocycles. The number of hydrogen-bond donors (Lipinski definition) is 3. The van der Waals surface area contributed by atoms with Crippen LogP contribution in [0.2, 0.25) is 0 Å². The molecule has 0 heterocycles. The quantitative estimate of drug-likeness (QED) is 0.0320. The summed E-state index contributed by atoms with van der Waals surface area (Å²) >= 11 is 0. The summed E-state index contributed by atoms with van der Waals surface area (Å²) in [5, 5.41) is 23.3. The Balaban J connectivity index is 3.44. The molecule has 2 unspecified atom stereocenters. The standard InChI is InChI=1S/C72H139NO5/c1-3-5-7-9-11-13-15-17-19-21-23-24-25-26-27-29-32-36-40-44-48-52-56-60-64-70(75)69(68-74)73-71(76)65-61-57-53-49-45-41-37-33-30-31-35-39-43-47-51-55-59-63-67-78-72(77)66-62-58-54-50-46-42-38-34-28-22-20-18-16-14-12-10-8-6-4-2/h33,37,60,64,69-70,74-75H,3-32,34-36,38-59,61-63,65-68H2,1-2H3,(H,73,76)/b37-33-,64-60+. The lowest BCUT2D eigenvalue weighted by atomic mass is 10.0. The maximum Gasteiger partial charge on any atom is 0.305 e. The molecule has 0 fully saturated rings. The molecule has 0 aliphatic carbocycles. The van der Waals surface area contributed by atoms with Crippen LogP contribution in [-0.2, 0) is 14.3 Å². The monoisotopic (exact) mass is 1100 g/mol. The van der Waals surface area contributed by atoms with Crippen LogP contribution in [0.4, 0.5) is 0 Å². The second-order valence-electron chi connectivity index (χ2n) is 24.6. The van der Waals surface area contributed by atoms with Crippen LogP contribution in [0.1, 0.15) is 399 Å². The molecule has 3 N–H and O–H groups in total. The Hall–Kier alpha value is -1.66. The first-order chi connectivity index (χ1) is 38.5.